The average Bonchev–Trinajstić information content (AvgIpc) is 3.17. The summed E-state index contributed by atoms with van der Waals surface area (Å²) in [7, 11) is 3.20. The van der Waals surface area contributed by atoms with E-state index >= 15 is 0 Å². The van der Waals surface area contributed by atoms with Gasteiger partial charge in [-0.25, -0.2) is 4.99 Å². The van der Waals surface area contributed by atoms with E-state index in [1.165, 1.54) is 11.8 Å². The highest BCUT2D eigenvalue weighted by Gasteiger charge is 2.32. The van der Waals surface area contributed by atoms with Gasteiger partial charge in [0.25, 0.3) is 5.91 Å². The van der Waals surface area contributed by atoms with Gasteiger partial charge in [-0.2, -0.15) is 0 Å². The highest BCUT2D eigenvalue weighted by Crippen LogP contribution is 2.40. The summed E-state index contributed by atoms with van der Waals surface area (Å²) in [5, 5.41) is 1.31. The number of nitrogens with zero attached hydrogens (tertiary/aromatic N) is 2. The van der Waals surface area contributed by atoms with Crippen molar-refractivity contribution in [2.24, 2.45) is 4.99 Å². The molecule has 3 aromatic rings. The highest BCUT2D eigenvalue weighted by molar-refractivity contribution is 9.10. The number of rotatable bonds is 8. The first kappa shape index (κ1) is 26.1. The van der Waals surface area contributed by atoms with Gasteiger partial charge in [-0.1, -0.05) is 23.7 Å². The quantitative estimate of drug-likeness (QED) is 0.258. The summed E-state index contributed by atoms with van der Waals surface area (Å²) in [5.41, 5.74) is 2.53. The fourth-order valence-electron chi connectivity index (χ4n) is 3.49. The third kappa shape index (κ3) is 6.06. The van der Waals surface area contributed by atoms with Crippen LogP contribution in [0.15, 0.2) is 75.0 Å². The van der Waals surface area contributed by atoms with Crippen molar-refractivity contribution in [2.45, 2.75) is 13.5 Å². The van der Waals surface area contributed by atoms with Gasteiger partial charge >= 0.3 is 0 Å². The van der Waals surface area contributed by atoms with Gasteiger partial charge in [-0.05, 0) is 100 Å². The Morgan fingerprint density at radius 3 is 2.42 bits per heavy atom. The van der Waals surface area contributed by atoms with Crippen molar-refractivity contribution in [1.29, 1.82) is 0 Å². The van der Waals surface area contributed by atoms with Gasteiger partial charge in [-0.15, -0.1) is 0 Å². The number of amidine groups is 1. The third-order valence-electron chi connectivity index (χ3n) is 5.35. The maximum absolute atomic E-state index is 13.1. The molecule has 0 spiro atoms. The fraction of sp³-hybridized carbons (Fsp3) is 0.185. The van der Waals surface area contributed by atoms with E-state index in [1.54, 1.807) is 19.1 Å². The second kappa shape index (κ2) is 11.9. The molecule has 0 radical (unpaired) electrons. The van der Waals surface area contributed by atoms with E-state index in [2.05, 4.69) is 20.9 Å². The molecule has 9 heteroatoms. The number of amides is 1. The van der Waals surface area contributed by atoms with Crippen molar-refractivity contribution in [3.63, 3.8) is 0 Å². The number of likely N-dealkylation sites (N-methyl/N-ethyl adjacent to an activating group) is 1. The number of carbonyl (C=O) groups excluding carboxylic acids is 1. The summed E-state index contributed by atoms with van der Waals surface area (Å²) in [6.45, 7) is 2.80. The number of halogens is 2. The predicted octanol–water partition coefficient (Wildman–Crippen LogP) is 7.32. The Hall–Kier alpha value is -2.94. The van der Waals surface area contributed by atoms with Crippen molar-refractivity contribution in [3.8, 4) is 17.2 Å². The van der Waals surface area contributed by atoms with Crippen molar-refractivity contribution in [3.05, 3.63) is 86.2 Å². The van der Waals surface area contributed by atoms with Crippen molar-refractivity contribution in [1.82, 2.24) is 4.90 Å². The number of hydrogen-bond donors (Lipinski definition) is 0. The van der Waals surface area contributed by atoms with Gasteiger partial charge in [0, 0.05) is 11.6 Å². The molecule has 6 nitrogen and oxygen atoms in total. The average molecular weight is 588 g/mol. The minimum Gasteiger partial charge on any atom is -0.497 e. The molecular weight excluding hydrogens is 564 g/mol. The van der Waals surface area contributed by atoms with E-state index in [9.17, 15) is 4.79 Å². The van der Waals surface area contributed by atoms with Crippen LogP contribution in [0.1, 0.15) is 18.1 Å². The number of aliphatic imine (C=N–C) groups is 1. The van der Waals surface area contributed by atoms with E-state index < -0.39 is 0 Å². The number of carbonyl (C=O) groups is 1. The van der Waals surface area contributed by atoms with E-state index in [-0.39, 0.29) is 5.91 Å². The van der Waals surface area contributed by atoms with Crippen LogP contribution in [0.25, 0.3) is 6.08 Å². The van der Waals surface area contributed by atoms with Gasteiger partial charge < -0.3 is 14.2 Å². The largest absolute Gasteiger partial charge is 0.497 e. The molecule has 0 atom stereocenters. The van der Waals surface area contributed by atoms with Crippen LogP contribution in [0.2, 0.25) is 5.02 Å². The first-order valence-corrected chi connectivity index (χ1v) is 13.1. The first-order chi connectivity index (χ1) is 17.4. The maximum Gasteiger partial charge on any atom is 0.266 e. The SMILES string of the molecule is CCN1C(=O)/C(=C\c2cc(Br)c(OCc3ccc(Cl)cc3)c(OC)c2)SC1=Nc1ccc(OC)cc1. The minimum absolute atomic E-state index is 0.0899. The number of ether oxygens (including phenoxy) is 3. The van der Waals surface area contributed by atoms with Crippen molar-refractivity contribution in [2.75, 3.05) is 20.8 Å². The van der Waals surface area contributed by atoms with Crippen LogP contribution in [-0.4, -0.2) is 36.7 Å². The van der Waals surface area contributed by atoms with Crippen LogP contribution in [0.3, 0.4) is 0 Å². The summed E-state index contributed by atoms with van der Waals surface area (Å²) in [4.78, 5) is 20.0. The first-order valence-electron chi connectivity index (χ1n) is 11.1. The Morgan fingerprint density at radius 1 is 1.06 bits per heavy atom. The van der Waals surface area contributed by atoms with Gasteiger partial charge in [0.1, 0.15) is 12.4 Å². The lowest BCUT2D eigenvalue weighted by molar-refractivity contribution is -0.122. The van der Waals surface area contributed by atoms with Crippen LogP contribution in [0.4, 0.5) is 5.69 Å². The molecule has 0 aliphatic carbocycles. The predicted molar refractivity (Wildman–Crippen MR) is 150 cm³/mol. The van der Waals surface area contributed by atoms with Crippen LogP contribution in [0.5, 0.6) is 17.2 Å². The second-order valence-corrected chi connectivity index (χ2v) is 10.0. The molecule has 1 aliphatic heterocycles. The van der Waals surface area contributed by atoms with Crippen LogP contribution >= 0.6 is 39.3 Å². The standard InChI is InChI=1S/C27H24BrClN2O4S/c1-4-31-26(32)24(36-27(31)30-20-9-11-21(33-2)12-10-20)15-18-13-22(28)25(23(14-18)34-3)35-16-17-5-7-19(29)8-6-17/h5-15H,4,16H2,1-3H3/b24-15+,30-27?. The van der Waals surface area contributed by atoms with Crippen LogP contribution < -0.4 is 14.2 Å². The van der Waals surface area contributed by atoms with E-state index in [1.807, 2.05) is 73.7 Å². The number of thioether (sulfide) groups is 1. The Balaban J connectivity index is 1.57. The molecule has 4 rings (SSSR count). The third-order valence-corrected chi connectivity index (χ3v) is 7.20. The van der Waals surface area contributed by atoms with Crippen molar-refractivity contribution < 1.29 is 19.0 Å². The Morgan fingerprint density at radius 2 is 1.78 bits per heavy atom. The summed E-state index contributed by atoms with van der Waals surface area (Å²) < 4.78 is 17.5. The number of hydrogen-bond acceptors (Lipinski definition) is 6. The molecule has 0 N–H and O–H groups in total. The molecule has 36 heavy (non-hydrogen) atoms. The van der Waals surface area contributed by atoms with Crippen molar-refractivity contribution >= 4 is 62.1 Å². The van der Waals surface area contributed by atoms with Crippen LogP contribution in [0, 0.1) is 0 Å². The normalized spacial score (nSPS) is 15.6. The minimum atomic E-state index is -0.0899. The molecule has 1 aliphatic rings. The monoisotopic (exact) mass is 586 g/mol. The molecule has 0 saturated carbocycles. The Labute approximate surface area is 228 Å². The second-order valence-electron chi connectivity index (χ2n) is 7.70. The molecule has 1 heterocycles. The lowest BCUT2D eigenvalue weighted by Crippen LogP contribution is -2.28. The summed E-state index contributed by atoms with van der Waals surface area (Å²) in [6, 6.07) is 18.6. The molecule has 1 fully saturated rings. The zero-order valence-electron chi connectivity index (χ0n) is 20.0. The lowest BCUT2D eigenvalue weighted by Gasteiger charge is -2.14. The zero-order valence-corrected chi connectivity index (χ0v) is 23.1. The van der Waals surface area contributed by atoms with E-state index in [0.717, 1.165) is 27.0 Å². The van der Waals surface area contributed by atoms with E-state index in [0.29, 0.717) is 39.7 Å². The molecule has 1 amide bonds. The fourth-order valence-corrected chi connectivity index (χ4v) is 5.25. The Kier molecular flexibility index (Phi) is 8.61. The van der Waals surface area contributed by atoms with Gasteiger partial charge in [-0.3, -0.25) is 9.69 Å². The summed E-state index contributed by atoms with van der Waals surface area (Å²) >= 11 is 10.9. The molecule has 0 bridgehead atoms. The molecular formula is C27H24BrClN2O4S. The van der Waals surface area contributed by atoms with Crippen LogP contribution in [-0.2, 0) is 11.4 Å². The highest BCUT2D eigenvalue weighted by atomic mass is 79.9. The zero-order chi connectivity index (χ0) is 25.7. The number of benzene rings is 3. The number of methoxy groups -OCH3 is 2. The van der Waals surface area contributed by atoms with E-state index in [4.69, 9.17) is 25.8 Å². The molecule has 1 saturated heterocycles. The van der Waals surface area contributed by atoms with Gasteiger partial charge in [0.2, 0.25) is 0 Å². The summed E-state index contributed by atoms with van der Waals surface area (Å²) in [6.07, 6.45) is 1.84. The lowest BCUT2D eigenvalue weighted by atomic mass is 10.1. The smallest absolute Gasteiger partial charge is 0.266 e. The van der Waals surface area contributed by atoms with Gasteiger partial charge in [0.05, 0.1) is 29.3 Å². The Bertz CT molecular complexity index is 1310. The topological polar surface area (TPSA) is 60.4 Å². The van der Waals surface area contributed by atoms with Gasteiger partial charge in [0.15, 0.2) is 16.7 Å². The molecule has 0 aromatic heterocycles. The molecule has 186 valence electrons. The summed E-state index contributed by atoms with van der Waals surface area (Å²) in [5.74, 6) is 1.80. The molecule has 3 aromatic carbocycles. The molecule has 0 unspecified atom stereocenters. The maximum atomic E-state index is 13.1.